The molecule has 0 radical (unpaired) electrons. The molecule has 0 saturated carbocycles. The van der Waals surface area contributed by atoms with Crippen molar-refractivity contribution in [3.63, 3.8) is 0 Å². The molecule has 0 aliphatic heterocycles. The molecule has 56 valence electrons. The molecule has 0 amide bonds. The molecule has 0 aliphatic rings. The molecular weight excluding hydrogens is 150 g/mol. The Labute approximate surface area is 65.2 Å². The Morgan fingerprint density at radius 3 is 3.00 bits per heavy atom. The van der Waals surface area contributed by atoms with E-state index >= 15 is 0 Å². The van der Waals surface area contributed by atoms with Crippen LogP contribution in [0.4, 0.5) is 0 Å². The minimum atomic E-state index is 0.680. The lowest BCUT2D eigenvalue weighted by Gasteiger charge is -1.88. The molecule has 1 aromatic rings. The number of aromatic nitrogens is 1. The average molecular weight is 160 g/mol. The number of rotatable bonds is 3. The van der Waals surface area contributed by atoms with Crippen LogP contribution in [0.2, 0.25) is 0 Å². The fourth-order valence-electron chi connectivity index (χ4n) is 0.762. The van der Waals surface area contributed by atoms with Crippen molar-refractivity contribution in [2.75, 3.05) is 5.88 Å². The Balaban J connectivity index is 2.42. The topological polar surface area (TPSA) is 26.0 Å². The van der Waals surface area contributed by atoms with E-state index in [0.29, 0.717) is 5.88 Å². The third kappa shape index (κ3) is 2.03. The number of halogens is 1. The van der Waals surface area contributed by atoms with Gasteiger partial charge in [-0.3, -0.25) is 0 Å². The maximum absolute atomic E-state index is 5.50. The number of nitrogens with zero attached hydrogens (tertiary/aromatic N) is 1. The fourth-order valence-corrected chi connectivity index (χ4v) is 0.896. The third-order valence-corrected chi connectivity index (χ3v) is 1.49. The fraction of sp³-hybridized carbons (Fsp3) is 0.571. The summed E-state index contributed by atoms with van der Waals surface area (Å²) in [5, 5.41) is 0. The van der Waals surface area contributed by atoms with E-state index in [1.54, 1.807) is 6.20 Å². The zero-order chi connectivity index (χ0) is 7.40. The first-order valence-corrected chi connectivity index (χ1v) is 3.83. The lowest BCUT2D eigenvalue weighted by atomic mass is 10.3. The smallest absolute Gasteiger partial charge is 0.191 e. The predicted octanol–water partition coefficient (Wildman–Crippen LogP) is 2.15. The van der Waals surface area contributed by atoms with Crippen molar-refractivity contribution in [2.45, 2.75) is 19.8 Å². The zero-order valence-electron chi connectivity index (χ0n) is 5.93. The van der Waals surface area contributed by atoms with E-state index < -0.39 is 0 Å². The molecule has 0 aliphatic carbocycles. The second-order valence-electron chi connectivity index (χ2n) is 2.14. The van der Waals surface area contributed by atoms with Gasteiger partial charge in [0.2, 0.25) is 0 Å². The normalized spacial score (nSPS) is 10.2. The second kappa shape index (κ2) is 3.62. The summed E-state index contributed by atoms with van der Waals surface area (Å²) < 4.78 is 5.22. The summed E-state index contributed by atoms with van der Waals surface area (Å²) in [6, 6.07) is 0. The highest BCUT2D eigenvalue weighted by molar-refractivity contribution is 6.17. The van der Waals surface area contributed by atoms with Crippen LogP contribution in [0.25, 0.3) is 0 Å². The van der Waals surface area contributed by atoms with Gasteiger partial charge in [0.05, 0.1) is 6.20 Å². The number of hydrogen-bond acceptors (Lipinski definition) is 2. The highest BCUT2D eigenvalue weighted by Crippen LogP contribution is 2.05. The van der Waals surface area contributed by atoms with Crippen molar-refractivity contribution >= 4 is 11.6 Å². The summed E-state index contributed by atoms with van der Waals surface area (Å²) in [5.74, 6) is 2.34. The van der Waals surface area contributed by atoms with Gasteiger partial charge in [0.25, 0.3) is 0 Å². The van der Waals surface area contributed by atoms with Crippen LogP contribution in [0, 0.1) is 6.92 Å². The largest absolute Gasteiger partial charge is 0.446 e. The molecule has 1 rings (SSSR count). The van der Waals surface area contributed by atoms with E-state index in [1.165, 1.54) is 0 Å². The lowest BCUT2D eigenvalue weighted by Crippen LogP contribution is -1.81. The van der Waals surface area contributed by atoms with Crippen molar-refractivity contribution in [1.82, 2.24) is 4.98 Å². The maximum Gasteiger partial charge on any atom is 0.191 e. The van der Waals surface area contributed by atoms with Gasteiger partial charge >= 0.3 is 0 Å². The summed E-state index contributed by atoms with van der Waals surface area (Å²) in [6.07, 6.45) is 3.60. The van der Waals surface area contributed by atoms with Gasteiger partial charge in [0, 0.05) is 19.2 Å². The molecule has 0 spiro atoms. The summed E-state index contributed by atoms with van der Waals surface area (Å²) in [5.41, 5.74) is 0. The molecule has 0 unspecified atom stereocenters. The quantitative estimate of drug-likeness (QED) is 0.632. The summed E-state index contributed by atoms with van der Waals surface area (Å²) >= 11 is 5.50. The predicted molar refractivity (Wildman–Crippen MR) is 40.3 cm³/mol. The van der Waals surface area contributed by atoms with E-state index in [4.69, 9.17) is 16.0 Å². The van der Waals surface area contributed by atoms with E-state index in [9.17, 15) is 0 Å². The first-order chi connectivity index (χ1) is 4.83. The highest BCUT2D eigenvalue weighted by Gasteiger charge is 1.97. The van der Waals surface area contributed by atoms with Crippen molar-refractivity contribution in [3.8, 4) is 0 Å². The van der Waals surface area contributed by atoms with Crippen LogP contribution in [0.3, 0.4) is 0 Å². The molecule has 10 heavy (non-hydrogen) atoms. The average Bonchev–Trinajstić information content (AvgIpc) is 2.31. The van der Waals surface area contributed by atoms with Gasteiger partial charge in [-0.1, -0.05) is 0 Å². The van der Waals surface area contributed by atoms with E-state index in [1.807, 2.05) is 6.92 Å². The Bertz CT molecular complexity index is 197. The number of aryl methyl sites for hydroxylation is 2. The Morgan fingerprint density at radius 2 is 2.50 bits per heavy atom. The molecule has 0 saturated heterocycles. The molecule has 0 N–H and O–H groups in total. The first-order valence-electron chi connectivity index (χ1n) is 3.30. The molecule has 0 aromatic carbocycles. The van der Waals surface area contributed by atoms with Gasteiger partial charge < -0.3 is 4.42 Å². The van der Waals surface area contributed by atoms with E-state index in [2.05, 4.69) is 4.98 Å². The van der Waals surface area contributed by atoms with Crippen LogP contribution in [0.5, 0.6) is 0 Å². The molecule has 3 heteroatoms. The Kier molecular flexibility index (Phi) is 2.75. The molecule has 1 heterocycles. The maximum atomic E-state index is 5.50. The third-order valence-electron chi connectivity index (χ3n) is 1.23. The van der Waals surface area contributed by atoms with E-state index in [0.717, 1.165) is 24.5 Å². The number of oxazole rings is 1. The van der Waals surface area contributed by atoms with Crippen LogP contribution in [0.15, 0.2) is 10.6 Å². The summed E-state index contributed by atoms with van der Waals surface area (Å²) in [7, 11) is 0. The Hall–Kier alpha value is -0.500. The Morgan fingerprint density at radius 1 is 1.70 bits per heavy atom. The van der Waals surface area contributed by atoms with Crippen LogP contribution < -0.4 is 0 Å². The molecule has 2 nitrogen and oxygen atoms in total. The number of alkyl halides is 1. The van der Waals surface area contributed by atoms with Crippen LogP contribution in [-0.2, 0) is 6.42 Å². The zero-order valence-corrected chi connectivity index (χ0v) is 6.69. The van der Waals surface area contributed by atoms with Gasteiger partial charge in [-0.15, -0.1) is 11.6 Å². The number of hydrogen-bond donors (Lipinski definition) is 0. The monoisotopic (exact) mass is 159 g/mol. The minimum Gasteiger partial charge on any atom is -0.446 e. The summed E-state index contributed by atoms with van der Waals surface area (Å²) in [6.45, 7) is 1.84. The van der Waals surface area contributed by atoms with Crippen LogP contribution in [0.1, 0.15) is 18.1 Å². The van der Waals surface area contributed by atoms with Gasteiger partial charge in [-0.2, -0.15) is 0 Å². The molecule has 1 aromatic heterocycles. The molecular formula is C7H10ClNO. The standard InChI is InChI=1S/C7H10ClNO/c1-6-9-5-7(10-6)3-2-4-8/h5H,2-4H2,1H3. The van der Waals surface area contributed by atoms with Crippen molar-refractivity contribution < 1.29 is 4.42 Å². The minimum absolute atomic E-state index is 0.680. The molecule has 0 atom stereocenters. The highest BCUT2D eigenvalue weighted by atomic mass is 35.5. The van der Waals surface area contributed by atoms with Gasteiger partial charge in [-0.25, -0.2) is 4.98 Å². The van der Waals surface area contributed by atoms with Gasteiger partial charge in [0.15, 0.2) is 5.89 Å². The van der Waals surface area contributed by atoms with Crippen molar-refractivity contribution in [3.05, 3.63) is 17.8 Å². The van der Waals surface area contributed by atoms with Gasteiger partial charge in [-0.05, 0) is 6.42 Å². The van der Waals surface area contributed by atoms with E-state index in [-0.39, 0.29) is 0 Å². The SMILES string of the molecule is Cc1ncc(CCCCl)o1. The summed E-state index contributed by atoms with van der Waals surface area (Å²) in [4.78, 5) is 3.96. The molecule has 0 fully saturated rings. The van der Waals surface area contributed by atoms with Crippen LogP contribution in [-0.4, -0.2) is 10.9 Å². The van der Waals surface area contributed by atoms with Gasteiger partial charge in [0.1, 0.15) is 5.76 Å². The lowest BCUT2D eigenvalue weighted by molar-refractivity contribution is 0.473. The second-order valence-corrected chi connectivity index (χ2v) is 2.52. The van der Waals surface area contributed by atoms with Crippen LogP contribution >= 0.6 is 11.6 Å². The van der Waals surface area contributed by atoms with Crippen molar-refractivity contribution in [2.24, 2.45) is 0 Å². The molecule has 0 bridgehead atoms. The van der Waals surface area contributed by atoms with Crippen molar-refractivity contribution in [1.29, 1.82) is 0 Å². The first kappa shape index (κ1) is 7.61.